The molecule has 2 aromatic rings. The number of anilines is 1. The van der Waals surface area contributed by atoms with Gasteiger partial charge in [-0.3, -0.25) is 9.59 Å². The van der Waals surface area contributed by atoms with Crippen LogP contribution in [0.25, 0.3) is 0 Å². The third kappa shape index (κ3) is 5.68. The van der Waals surface area contributed by atoms with E-state index in [9.17, 15) is 27.2 Å². The van der Waals surface area contributed by atoms with Crippen molar-refractivity contribution in [3.8, 4) is 0 Å². The van der Waals surface area contributed by atoms with E-state index in [-0.39, 0.29) is 24.8 Å². The first-order valence-electron chi connectivity index (χ1n) is 9.29. The Balaban J connectivity index is 1.44. The van der Waals surface area contributed by atoms with Gasteiger partial charge in [-0.2, -0.15) is 13.2 Å². The largest absolute Gasteiger partial charge is 0.417 e. The van der Waals surface area contributed by atoms with Crippen LogP contribution in [0.5, 0.6) is 0 Å². The van der Waals surface area contributed by atoms with Gasteiger partial charge in [0.15, 0.2) is 0 Å². The Morgan fingerprint density at radius 1 is 1.07 bits per heavy atom. The number of hydrogen-bond acceptors (Lipinski definition) is 4. The number of aromatic nitrogens is 1. The third-order valence-corrected chi connectivity index (χ3v) is 4.72. The summed E-state index contributed by atoms with van der Waals surface area (Å²) in [6.45, 7) is 1.39. The van der Waals surface area contributed by atoms with E-state index in [0.29, 0.717) is 37.6 Å². The molecule has 0 saturated carbocycles. The van der Waals surface area contributed by atoms with E-state index in [2.05, 4.69) is 10.3 Å². The molecule has 3 rings (SSSR count). The van der Waals surface area contributed by atoms with E-state index in [1.165, 1.54) is 24.3 Å². The molecule has 1 aromatic heterocycles. The fraction of sp³-hybridized carbons (Fsp3) is 0.350. The summed E-state index contributed by atoms with van der Waals surface area (Å²) in [5, 5.41) is 2.53. The Morgan fingerprint density at radius 2 is 1.80 bits per heavy atom. The fourth-order valence-corrected chi connectivity index (χ4v) is 3.11. The molecule has 30 heavy (non-hydrogen) atoms. The van der Waals surface area contributed by atoms with Gasteiger partial charge < -0.3 is 15.1 Å². The van der Waals surface area contributed by atoms with Crippen molar-refractivity contribution in [3.05, 3.63) is 59.5 Å². The fourth-order valence-electron chi connectivity index (χ4n) is 3.11. The van der Waals surface area contributed by atoms with Crippen LogP contribution in [0.3, 0.4) is 0 Å². The highest BCUT2D eigenvalue weighted by molar-refractivity contribution is 5.85. The van der Waals surface area contributed by atoms with Crippen LogP contribution in [-0.4, -0.2) is 54.4 Å². The van der Waals surface area contributed by atoms with E-state index in [0.717, 1.165) is 12.3 Å². The lowest BCUT2D eigenvalue weighted by molar-refractivity contribution is -0.137. The molecule has 0 spiro atoms. The number of hydrogen-bond donors (Lipinski definition) is 1. The molecule has 1 aliphatic heterocycles. The van der Waals surface area contributed by atoms with Crippen LogP contribution in [-0.2, 0) is 22.2 Å². The number of nitrogens with zero attached hydrogens (tertiary/aromatic N) is 3. The molecule has 0 atom stereocenters. The highest BCUT2D eigenvalue weighted by Crippen LogP contribution is 2.29. The third-order valence-electron chi connectivity index (χ3n) is 4.72. The predicted molar refractivity (Wildman–Crippen MR) is 101 cm³/mol. The molecule has 0 aliphatic carbocycles. The monoisotopic (exact) mass is 424 g/mol. The zero-order valence-electron chi connectivity index (χ0n) is 16.0. The highest BCUT2D eigenvalue weighted by atomic mass is 19.4. The molecule has 0 unspecified atom stereocenters. The topological polar surface area (TPSA) is 65.5 Å². The molecule has 1 N–H and O–H groups in total. The summed E-state index contributed by atoms with van der Waals surface area (Å²) < 4.78 is 51.0. The number of benzene rings is 1. The summed E-state index contributed by atoms with van der Waals surface area (Å²) in [6.07, 6.45) is -3.67. The van der Waals surface area contributed by atoms with Gasteiger partial charge in [-0.25, -0.2) is 9.37 Å². The Kier molecular flexibility index (Phi) is 6.53. The van der Waals surface area contributed by atoms with Gasteiger partial charge in [-0.1, -0.05) is 12.1 Å². The van der Waals surface area contributed by atoms with Crippen molar-refractivity contribution >= 4 is 17.6 Å². The Bertz CT molecular complexity index is 894. The first kappa shape index (κ1) is 21.5. The summed E-state index contributed by atoms with van der Waals surface area (Å²) in [5.74, 6) is -0.667. The van der Waals surface area contributed by atoms with Crippen molar-refractivity contribution in [2.75, 3.05) is 37.6 Å². The number of alkyl halides is 3. The maximum Gasteiger partial charge on any atom is 0.417 e. The molecule has 1 saturated heterocycles. The minimum absolute atomic E-state index is 0.0294. The smallest absolute Gasteiger partial charge is 0.353 e. The lowest BCUT2D eigenvalue weighted by Crippen LogP contribution is -2.51. The molecule has 0 bridgehead atoms. The Labute approximate surface area is 170 Å². The van der Waals surface area contributed by atoms with Crippen molar-refractivity contribution in [3.63, 3.8) is 0 Å². The van der Waals surface area contributed by atoms with E-state index < -0.39 is 17.6 Å². The van der Waals surface area contributed by atoms with Gasteiger partial charge in [0.05, 0.1) is 18.5 Å². The SMILES string of the molecule is O=C(Cc1cccc(F)c1)NCC(=O)N1CCN(c2ccc(C(F)(F)F)cn2)CC1. The second-order valence-corrected chi connectivity index (χ2v) is 6.85. The highest BCUT2D eigenvalue weighted by Gasteiger charge is 2.31. The average molecular weight is 424 g/mol. The second-order valence-electron chi connectivity index (χ2n) is 6.85. The lowest BCUT2D eigenvalue weighted by atomic mass is 10.1. The molecule has 6 nitrogen and oxygen atoms in total. The van der Waals surface area contributed by atoms with Gasteiger partial charge >= 0.3 is 6.18 Å². The van der Waals surface area contributed by atoms with Crippen LogP contribution >= 0.6 is 0 Å². The van der Waals surface area contributed by atoms with E-state index in [1.807, 2.05) is 0 Å². The number of carbonyl (C=O) groups is 2. The van der Waals surface area contributed by atoms with Crippen LogP contribution in [0.15, 0.2) is 42.6 Å². The van der Waals surface area contributed by atoms with Crippen molar-refractivity contribution in [1.29, 1.82) is 0 Å². The van der Waals surface area contributed by atoms with Crippen LogP contribution in [0.2, 0.25) is 0 Å². The zero-order chi connectivity index (χ0) is 21.7. The van der Waals surface area contributed by atoms with Gasteiger partial charge in [0.1, 0.15) is 11.6 Å². The van der Waals surface area contributed by atoms with E-state index in [1.54, 1.807) is 15.9 Å². The first-order valence-corrected chi connectivity index (χ1v) is 9.29. The van der Waals surface area contributed by atoms with Crippen LogP contribution in [0.1, 0.15) is 11.1 Å². The Hall–Kier alpha value is -3.17. The minimum atomic E-state index is -4.43. The van der Waals surface area contributed by atoms with Crippen molar-refractivity contribution < 1.29 is 27.2 Å². The number of halogens is 4. The molecular weight excluding hydrogens is 404 g/mol. The number of rotatable bonds is 5. The molecule has 10 heteroatoms. The van der Waals surface area contributed by atoms with E-state index in [4.69, 9.17) is 0 Å². The first-order chi connectivity index (χ1) is 14.2. The summed E-state index contributed by atoms with van der Waals surface area (Å²) in [5.41, 5.74) is -0.299. The molecule has 2 heterocycles. The quantitative estimate of drug-likeness (QED) is 0.748. The maximum atomic E-state index is 13.1. The Morgan fingerprint density at radius 3 is 2.40 bits per heavy atom. The van der Waals surface area contributed by atoms with Gasteiger partial charge in [-0.15, -0.1) is 0 Å². The normalized spacial score (nSPS) is 14.5. The minimum Gasteiger partial charge on any atom is -0.353 e. The standard InChI is InChI=1S/C20H20F4N4O2/c21-16-3-1-2-14(10-16)11-18(29)26-13-19(30)28-8-6-27(7-9-28)17-5-4-15(12-25-17)20(22,23)24/h1-5,10,12H,6-9,11,13H2,(H,26,29). The van der Waals surface area contributed by atoms with E-state index >= 15 is 0 Å². The number of piperazine rings is 1. The van der Waals surface area contributed by atoms with Crippen LogP contribution in [0.4, 0.5) is 23.4 Å². The van der Waals surface area contributed by atoms with Gasteiger partial charge in [0, 0.05) is 32.4 Å². The molecule has 0 radical (unpaired) electrons. The summed E-state index contributed by atoms with van der Waals surface area (Å²) in [6, 6.07) is 7.97. The number of amides is 2. The molecular formula is C20H20F4N4O2. The van der Waals surface area contributed by atoms with Gasteiger partial charge in [-0.05, 0) is 29.8 Å². The summed E-state index contributed by atoms with van der Waals surface area (Å²) in [4.78, 5) is 31.5. The molecule has 160 valence electrons. The summed E-state index contributed by atoms with van der Waals surface area (Å²) >= 11 is 0. The van der Waals surface area contributed by atoms with Crippen molar-refractivity contribution in [1.82, 2.24) is 15.2 Å². The van der Waals surface area contributed by atoms with Gasteiger partial charge in [0.25, 0.3) is 0 Å². The van der Waals surface area contributed by atoms with Crippen molar-refractivity contribution in [2.45, 2.75) is 12.6 Å². The van der Waals surface area contributed by atoms with Crippen LogP contribution < -0.4 is 10.2 Å². The maximum absolute atomic E-state index is 13.1. The summed E-state index contributed by atoms with van der Waals surface area (Å²) in [7, 11) is 0. The molecule has 1 aliphatic rings. The van der Waals surface area contributed by atoms with Crippen molar-refractivity contribution in [2.24, 2.45) is 0 Å². The predicted octanol–water partition coefficient (Wildman–Crippen LogP) is 2.25. The second kappa shape index (κ2) is 9.10. The molecule has 2 amide bonds. The van der Waals surface area contributed by atoms with Crippen LogP contribution in [0, 0.1) is 5.82 Å². The number of nitrogens with one attached hydrogen (secondary N) is 1. The number of pyridine rings is 1. The lowest BCUT2D eigenvalue weighted by Gasteiger charge is -2.35. The number of carbonyl (C=O) groups excluding carboxylic acids is 2. The van der Waals surface area contributed by atoms with Gasteiger partial charge in [0.2, 0.25) is 11.8 Å². The zero-order valence-corrected chi connectivity index (χ0v) is 16.0. The molecule has 1 fully saturated rings. The average Bonchev–Trinajstić information content (AvgIpc) is 2.71. The molecule has 1 aromatic carbocycles.